The first-order valence-corrected chi connectivity index (χ1v) is 13.8. The first-order chi connectivity index (χ1) is 18.4. The van der Waals surface area contributed by atoms with Gasteiger partial charge in [-0.3, -0.25) is 19.3 Å². The van der Waals surface area contributed by atoms with Gasteiger partial charge in [-0.15, -0.1) is 0 Å². The number of hydrogen-bond acceptors (Lipinski definition) is 6. The molecule has 38 heavy (non-hydrogen) atoms. The smallest absolute Gasteiger partial charge is 0.414 e. The van der Waals surface area contributed by atoms with Crippen LogP contribution in [-0.4, -0.2) is 67.7 Å². The van der Waals surface area contributed by atoms with Gasteiger partial charge in [-0.05, 0) is 36.1 Å². The van der Waals surface area contributed by atoms with Crippen molar-refractivity contribution in [2.24, 2.45) is 0 Å². The third-order valence-electron chi connectivity index (χ3n) is 6.91. The number of cyclic esters (lactones) is 1. The second-order valence-electron chi connectivity index (χ2n) is 9.95. The molecule has 0 aromatic heterocycles. The average Bonchev–Trinajstić information content (AvgIpc) is 3.30. The minimum Gasteiger partial charge on any atom is -0.456 e. The molecule has 1 atom stereocenters. The minimum atomic E-state index is -0.428. The maximum absolute atomic E-state index is 12.5. The molecule has 3 amide bonds. The van der Waals surface area contributed by atoms with Gasteiger partial charge >= 0.3 is 12.1 Å². The van der Waals surface area contributed by atoms with Crippen LogP contribution in [0.4, 0.5) is 10.5 Å². The Balaban J connectivity index is 1.38. The maximum atomic E-state index is 12.5. The summed E-state index contributed by atoms with van der Waals surface area (Å²) in [6.07, 6.45) is 10.2. The predicted molar refractivity (Wildman–Crippen MR) is 145 cm³/mol. The fourth-order valence-corrected chi connectivity index (χ4v) is 4.64. The van der Waals surface area contributed by atoms with Gasteiger partial charge in [0.05, 0.1) is 13.1 Å². The van der Waals surface area contributed by atoms with Crippen molar-refractivity contribution in [3.05, 3.63) is 35.9 Å². The average molecular weight is 528 g/mol. The largest absolute Gasteiger partial charge is 0.456 e. The topological polar surface area (TPSA) is 105 Å². The third-order valence-corrected chi connectivity index (χ3v) is 6.91. The Kier molecular flexibility index (Phi) is 11.6. The monoisotopic (exact) mass is 527 g/mol. The van der Waals surface area contributed by atoms with Crippen LogP contribution < -0.4 is 10.2 Å². The quantitative estimate of drug-likeness (QED) is 0.283. The van der Waals surface area contributed by atoms with Crippen molar-refractivity contribution in [1.82, 2.24) is 10.2 Å². The number of carbonyl (C=O) groups is 4. The Labute approximate surface area is 225 Å². The van der Waals surface area contributed by atoms with Gasteiger partial charge < -0.3 is 19.7 Å². The highest BCUT2D eigenvalue weighted by Crippen LogP contribution is 2.27. The number of rotatable bonds is 14. The molecule has 2 aliphatic rings. The molecule has 0 aliphatic carbocycles. The van der Waals surface area contributed by atoms with Crippen molar-refractivity contribution < 1.29 is 28.7 Å². The highest BCUT2D eigenvalue weighted by Gasteiger charge is 2.32. The number of esters is 1. The normalized spacial score (nSPS) is 17.2. The number of nitrogens with zero attached hydrogens (tertiary/aromatic N) is 2. The SMILES string of the molecule is CCCCCCCCCC(=O)OCC(=O)N1CC=C(c2ccc(N3C[C@H](CNC(C)=O)OC3=O)cc2)CC1. The molecular formula is C29H41N3O6. The van der Waals surface area contributed by atoms with Crippen molar-refractivity contribution in [1.29, 1.82) is 0 Å². The summed E-state index contributed by atoms with van der Waals surface area (Å²) >= 11 is 0. The van der Waals surface area contributed by atoms with E-state index >= 15 is 0 Å². The molecule has 208 valence electrons. The van der Waals surface area contributed by atoms with Crippen LogP contribution in [0.25, 0.3) is 5.57 Å². The van der Waals surface area contributed by atoms with Gasteiger partial charge in [0.2, 0.25) is 5.91 Å². The lowest BCUT2D eigenvalue weighted by atomic mass is 9.99. The van der Waals surface area contributed by atoms with E-state index in [1.54, 1.807) is 9.80 Å². The number of ether oxygens (including phenoxy) is 2. The van der Waals surface area contributed by atoms with E-state index in [2.05, 4.69) is 12.2 Å². The van der Waals surface area contributed by atoms with Crippen LogP contribution in [0.15, 0.2) is 30.3 Å². The molecule has 1 N–H and O–H groups in total. The number of unbranched alkanes of at least 4 members (excludes halogenated alkanes) is 6. The number of nitrogens with one attached hydrogen (secondary N) is 1. The fourth-order valence-electron chi connectivity index (χ4n) is 4.64. The van der Waals surface area contributed by atoms with E-state index in [0.29, 0.717) is 32.5 Å². The summed E-state index contributed by atoms with van der Waals surface area (Å²) in [5.74, 6) is -0.641. The van der Waals surface area contributed by atoms with Gasteiger partial charge in [0.15, 0.2) is 6.61 Å². The number of carbonyl (C=O) groups excluding carboxylic acids is 4. The summed E-state index contributed by atoms with van der Waals surface area (Å²) in [5, 5.41) is 2.67. The second-order valence-corrected chi connectivity index (χ2v) is 9.95. The van der Waals surface area contributed by atoms with E-state index in [1.165, 1.54) is 32.6 Å². The number of anilines is 1. The standard InChI is InChI=1S/C29H41N3O6/c1-3-4-5-6-7-8-9-10-28(35)37-21-27(34)31-17-15-24(16-18-31)23-11-13-25(14-12-23)32-20-26(38-29(32)36)19-30-22(2)33/h11-15,26H,3-10,16-21H2,1-2H3,(H,30,33)/t26-/m0/s1. The summed E-state index contributed by atoms with van der Waals surface area (Å²) < 4.78 is 10.5. The summed E-state index contributed by atoms with van der Waals surface area (Å²) in [4.78, 5) is 51.1. The van der Waals surface area contributed by atoms with Crippen molar-refractivity contribution in [2.75, 3.05) is 37.7 Å². The zero-order valence-electron chi connectivity index (χ0n) is 22.7. The first kappa shape index (κ1) is 29.2. The van der Waals surface area contributed by atoms with Gasteiger partial charge in [0.25, 0.3) is 5.91 Å². The van der Waals surface area contributed by atoms with Crippen molar-refractivity contribution in [3.63, 3.8) is 0 Å². The van der Waals surface area contributed by atoms with Crippen LogP contribution in [0.3, 0.4) is 0 Å². The Hall–Kier alpha value is -3.36. The van der Waals surface area contributed by atoms with E-state index in [0.717, 1.165) is 36.1 Å². The molecular weight excluding hydrogens is 486 g/mol. The molecule has 0 radical (unpaired) electrons. The fraction of sp³-hybridized carbons (Fsp3) is 0.586. The van der Waals surface area contributed by atoms with E-state index in [9.17, 15) is 19.2 Å². The molecule has 1 aromatic rings. The van der Waals surface area contributed by atoms with Crippen LogP contribution in [0, 0.1) is 0 Å². The molecule has 1 fully saturated rings. The Morgan fingerprint density at radius 2 is 1.76 bits per heavy atom. The molecule has 0 spiro atoms. The van der Waals surface area contributed by atoms with E-state index in [-0.39, 0.29) is 37.0 Å². The van der Waals surface area contributed by atoms with Crippen molar-refractivity contribution >= 4 is 35.1 Å². The highest BCUT2D eigenvalue weighted by molar-refractivity contribution is 5.90. The molecule has 0 unspecified atom stereocenters. The zero-order valence-corrected chi connectivity index (χ0v) is 22.7. The molecule has 9 nitrogen and oxygen atoms in total. The van der Waals surface area contributed by atoms with E-state index < -0.39 is 6.09 Å². The maximum Gasteiger partial charge on any atom is 0.414 e. The Morgan fingerprint density at radius 1 is 1.05 bits per heavy atom. The lowest BCUT2D eigenvalue weighted by molar-refractivity contribution is -0.152. The Bertz CT molecular complexity index is 991. The summed E-state index contributed by atoms with van der Waals surface area (Å²) in [6, 6.07) is 7.66. The van der Waals surface area contributed by atoms with Crippen LogP contribution in [0.1, 0.15) is 77.2 Å². The summed E-state index contributed by atoms with van der Waals surface area (Å²) in [6.45, 7) is 5.11. The van der Waals surface area contributed by atoms with Gasteiger partial charge in [-0.1, -0.05) is 63.7 Å². The molecule has 2 heterocycles. The van der Waals surface area contributed by atoms with Crippen LogP contribution in [0.2, 0.25) is 0 Å². The van der Waals surface area contributed by atoms with Crippen LogP contribution in [-0.2, 0) is 23.9 Å². The minimum absolute atomic E-state index is 0.162. The van der Waals surface area contributed by atoms with Gasteiger partial charge in [-0.25, -0.2) is 4.79 Å². The molecule has 2 aliphatic heterocycles. The Morgan fingerprint density at radius 3 is 2.42 bits per heavy atom. The number of amides is 3. The van der Waals surface area contributed by atoms with Crippen molar-refractivity contribution in [3.8, 4) is 0 Å². The molecule has 0 bridgehead atoms. The molecule has 3 rings (SSSR count). The molecule has 1 aromatic carbocycles. The van der Waals surface area contributed by atoms with E-state index in [4.69, 9.17) is 9.47 Å². The zero-order chi connectivity index (χ0) is 27.3. The van der Waals surface area contributed by atoms with Gasteiger partial charge in [0.1, 0.15) is 6.10 Å². The summed E-state index contributed by atoms with van der Waals surface area (Å²) in [7, 11) is 0. The van der Waals surface area contributed by atoms with Crippen LogP contribution in [0.5, 0.6) is 0 Å². The molecule has 0 saturated carbocycles. The molecule has 1 saturated heterocycles. The van der Waals surface area contributed by atoms with E-state index in [1.807, 2.05) is 30.3 Å². The van der Waals surface area contributed by atoms with Gasteiger partial charge in [-0.2, -0.15) is 0 Å². The van der Waals surface area contributed by atoms with Crippen molar-refractivity contribution in [2.45, 2.75) is 77.7 Å². The molecule has 9 heteroatoms. The second kappa shape index (κ2) is 15.1. The lowest BCUT2D eigenvalue weighted by Gasteiger charge is -2.26. The van der Waals surface area contributed by atoms with Crippen LogP contribution >= 0.6 is 0 Å². The summed E-state index contributed by atoms with van der Waals surface area (Å²) in [5.41, 5.74) is 2.89. The number of hydrogen-bond donors (Lipinski definition) is 1. The van der Waals surface area contributed by atoms with Gasteiger partial charge in [0, 0.05) is 32.1 Å². The number of benzene rings is 1. The third kappa shape index (κ3) is 9.19. The highest BCUT2D eigenvalue weighted by atomic mass is 16.6. The lowest BCUT2D eigenvalue weighted by Crippen LogP contribution is -2.37. The first-order valence-electron chi connectivity index (χ1n) is 13.8. The predicted octanol–water partition coefficient (Wildman–Crippen LogP) is 4.45.